The maximum Gasteiger partial charge on any atom is 0.221 e. The van der Waals surface area contributed by atoms with E-state index in [0.29, 0.717) is 5.69 Å². The zero-order valence-electron chi connectivity index (χ0n) is 14.9. The van der Waals surface area contributed by atoms with Crippen molar-refractivity contribution in [2.24, 2.45) is 5.41 Å². The number of hydrogen-bond donors (Lipinski definition) is 3. The second kappa shape index (κ2) is 6.13. The molecule has 0 aliphatic carbocycles. The molecule has 2 rings (SSSR count). The van der Waals surface area contributed by atoms with Gasteiger partial charge >= 0.3 is 0 Å². The second-order valence-corrected chi connectivity index (χ2v) is 8.00. The summed E-state index contributed by atoms with van der Waals surface area (Å²) in [5.41, 5.74) is 0.983. The zero-order chi connectivity index (χ0) is 17.4. The molecule has 1 aromatic carbocycles. The Bertz CT molecular complexity index is 590. The predicted molar refractivity (Wildman–Crippen MR) is 91.7 cm³/mol. The van der Waals surface area contributed by atoms with Gasteiger partial charge in [0.1, 0.15) is 17.5 Å². The number of ether oxygens (including phenoxy) is 1. The van der Waals surface area contributed by atoms with Crippen molar-refractivity contribution in [2.75, 3.05) is 11.9 Å². The third kappa shape index (κ3) is 4.24. The third-order valence-corrected chi connectivity index (χ3v) is 3.92. The van der Waals surface area contributed by atoms with Gasteiger partial charge in [-0.25, -0.2) is 0 Å². The SMILES string of the molecule is CC(=O)Nc1ccc2c(c1)C(NCC(C)(C)C)C(O)C(C)(C)O2. The van der Waals surface area contributed by atoms with Crippen molar-refractivity contribution >= 4 is 11.6 Å². The first-order chi connectivity index (χ1) is 10.5. The molecular weight excluding hydrogens is 292 g/mol. The van der Waals surface area contributed by atoms with Crippen molar-refractivity contribution in [3.8, 4) is 5.75 Å². The van der Waals surface area contributed by atoms with Gasteiger partial charge in [0.05, 0.1) is 6.04 Å². The molecule has 0 saturated carbocycles. The van der Waals surface area contributed by atoms with E-state index in [9.17, 15) is 9.90 Å². The summed E-state index contributed by atoms with van der Waals surface area (Å²) in [6.07, 6.45) is -0.690. The molecule has 0 bridgehead atoms. The summed E-state index contributed by atoms with van der Waals surface area (Å²) >= 11 is 0. The number of carbonyl (C=O) groups is 1. The summed E-state index contributed by atoms with van der Waals surface area (Å²) in [7, 11) is 0. The molecule has 3 N–H and O–H groups in total. The normalized spacial score (nSPS) is 22.9. The maximum atomic E-state index is 11.3. The maximum absolute atomic E-state index is 11.3. The van der Waals surface area contributed by atoms with Gasteiger partial charge in [0.15, 0.2) is 0 Å². The number of nitrogens with one attached hydrogen (secondary N) is 2. The largest absolute Gasteiger partial charge is 0.485 e. The van der Waals surface area contributed by atoms with Crippen LogP contribution in [0.3, 0.4) is 0 Å². The second-order valence-electron chi connectivity index (χ2n) is 8.00. The van der Waals surface area contributed by atoms with E-state index < -0.39 is 11.7 Å². The van der Waals surface area contributed by atoms with Crippen LogP contribution in [0, 0.1) is 5.41 Å². The fourth-order valence-corrected chi connectivity index (χ4v) is 2.72. The Labute approximate surface area is 138 Å². The van der Waals surface area contributed by atoms with Crippen molar-refractivity contribution in [3.05, 3.63) is 23.8 Å². The number of amides is 1. The predicted octanol–water partition coefficient (Wildman–Crippen LogP) is 2.85. The molecule has 0 radical (unpaired) electrons. The molecule has 0 aromatic heterocycles. The van der Waals surface area contributed by atoms with Crippen molar-refractivity contribution in [1.29, 1.82) is 0 Å². The number of rotatable bonds is 3. The minimum Gasteiger partial charge on any atom is -0.485 e. The van der Waals surface area contributed by atoms with E-state index >= 15 is 0 Å². The van der Waals surface area contributed by atoms with Crippen LogP contribution in [0.25, 0.3) is 0 Å². The van der Waals surface area contributed by atoms with Gasteiger partial charge in [0.2, 0.25) is 5.91 Å². The highest BCUT2D eigenvalue weighted by atomic mass is 16.5. The fraction of sp³-hybridized carbons (Fsp3) is 0.611. The van der Waals surface area contributed by atoms with Crippen molar-refractivity contribution in [2.45, 2.75) is 59.3 Å². The number of aliphatic hydroxyl groups excluding tert-OH is 1. The molecule has 1 aliphatic heterocycles. The third-order valence-electron chi connectivity index (χ3n) is 3.92. The number of benzene rings is 1. The number of carbonyl (C=O) groups excluding carboxylic acids is 1. The van der Waals surface area contributed by atoms with Gasteiger partial charge in [0.25, 0.3) is 0 Å². The van der Waals surface area contributed by atoms with Gasteiger partial charge < -0.3 is 20.5 Å². The summed E-state index contributed by atoms with van der Waals surface area (Å²) in [6.45, 7) is 12.4. The van der Waals surface area contributed by atoms with Gasteiger partial charge in [-0.1, -0.05) is 20.8 Å². The lowest BCUT2D eigenvalue weighted by atomic mass is 9.85. The van der Waals surface area contributed by atoms with Crippen LogP contribution in [-0.2, 0) is 4.79 Å². The van der Waals surface area contributed by atoms with Crippen LogP contribution in [0.5, 0.6) is 5.75 Å². The summed E-state index contributed by atoms with van der Waals surface area (Å²) in [4.78, 5) is 11.3. The monoisotopic (exact) mass is 320 g/mol. The Morgan fingerprint density at radius 3 is 2.57 bits per heavy atom. The molecule has 0 fully saturated rings. The smallest absolute Gasteiger partial charge is 0.221 e. The van der Waals surface area contributed by atoms with Crippen LogP contribution >= 0.6 is 0 Å². The Kier molecular flexibility index (Phi) is 4.74. The molecule has 5 nitrogen and oxygen atoms in total. The number of aliphatic hydroxyl groups is 1. The lowest BCUT2D eigenvalue weighted by molar-refractivity contribution is -0.114. The van der Waals surface area contributed by atoms with E-state index in [1.807, 2.05) is 32.0 Å². The highest BCUT2D eigenvalue weighted by Gasteiger charge is 2.43. The quantitative estimate of drug-likeness (QED) is 0.801. The lowest BCUT2D eigenvalue weighted by Crippen LogP contribution is -2.53. The summed E-state index contributed by atoms with van der Waals surface area (Å²) < 4.78 is 5.95. The van der Waals surface area contributed by atoms with Crippen molar-refractivity contribution in [3.63, 3.8) is 0 Å². The van der Waals surface area contributed by atoms with Crippen molar-refractivity contribution < 1.29 is 14.6 Å². The van der Waals surface area contributed by atoms with Crippen LogP contribution in [0.15, 0.2) is 18.2 Å². The highest BCUT2D eigenvalue weighted by Crippen LogP contribution is 2.41. The summed E-state index contributed by atoms with van der Waals surface area (Å²) in [6, 6.07) is 5.28. The number of hydrogen-bond acceptors (Lipinski definition) is 4. The molecule has 1 aromatic rings. The topological polar surface area (TPSA) is 70.6 Å². The van der Waals surface area contributed by atoms with E-state index in [1.54, 1.807) is 0 Å². The van der Waals surface area contributed by atoms with Gasteiger partial charge in [-0.3, -0.25) is 4.79 Å². The Morgan fingerprint density at radius 1 is 1.35 bits per heavy atom. The standard InChI is InChI=1S/C18H28N2O3/c1-11(21)20-12-7-8-14-13(9-12)15(19-10-17(2,3)4)16(22)18(5,6)23-14/h7-9,15-16,19,22H,10H2,1-6H3,(H,20,21). The molecule has 128 valence electrons. The van der Waals surface area contributed by atoms with E-state index in [2.05, 4.69) is 31.4 Å². The van der Waals surface area contributed by atoms with Gasteiger partial charge in [0, 0.05) is 24.7 Å². The molecule has 2 atom stereocenters. The zero-order valence-corrected chi connectivity index (χ0v) is 14.9. The first kappa shape index (κ1) is 17.8. The molecule has 5 heteroatoms. The molecule has 0 saturated heterocycles. The summed E-state index contributed by atoms with van der Waals surface area (Å²) in [5.74, 6) is 0.613. The van der Waals surface area contributed by atoms with E-state index in [0.717, 1.165) is 17.9 Å². The van der Waals surface area contributed by atoms with Crippen LogP contribution < -0.4 is 15.4 Å². The minimum atomic E-state index is -0.690. The first-order valence-electron chi connectivity index (χ1n) is 8.02. The number of fused-ring (bicyclic) bond motifs is 1. The molecule has 1 aliphatic rings. The van der Waals surface area contributed by atoms with Crippen LogP contribution in [0.2, 0.25) is 0 Å². The average molecular weight is 320 g/mol. The summed E-state index contributed by atoms with van der Waals surface area (Å²) in [5, 5.41) is 17.0. The van der Waals surface area contributed by atoms with Gasteiger partial charge in [-0.2, -0.15) is 0 Å². The number of anilines is 1. The Morgan fingerprint density at radius 2 is 2.00 bits per heavy atom. The molecule has 23 heavy (non-hydrogen) atoms. The van der Waals surface area contributed by atoms with Crippen LogP contribution in [0.4, 0.5) is 5.69 Å². The van der Waals surface area contributed by atoms with E-state index in [-0.39, 0.29) is 17.4 Å². The molecule has 0 spiro atoms. The molecule has 2 unspecified atom stereocenters. The van der Waals surface area contributed by atoms with E-state index in [1.165, 1.54) is 6.92 Å². The highest BCUT2D eigenvalue weighted by molar-refractivity contribution is 5.88. The average Bonchev–Trinajstić information content (AvgIpc) is 2.38. The van der Waals surface area contributed by atoms with Crippen LogP contribution in [-0.4, -0.2) is 29.3 Å². The Balaban J connectivity index is 2.37. The lowest BCUT2D eigenvalue weighted by Gasteiger charge is -2.43. The van der Waals surface area contributed by atoms with Gasteiger partial charge in [-0.15, -0.1) is 0 Å². The fourth-order valence-electron chi connectivity index (χ4n) is 2.72. The minimum absolute atomic E-state index is 0.0948. The molecule has 1 amide bonds. The van der Waals surface area contributed by atoms with Gasteiger partial charge in [-0.05, 0) is 37.5 Å². The Hall–Kier alpha value is -1.59. The van der Waals surface area contributed by atoms with Crippen molar-refractivity contribution in [1.82, 2.24) is 5.32 Å². The molecular formula is C18H28N2O3. The van der Waals surface area contributed by atoms with Crippen LogP contribution in [0.1, 0.15) is 53.1 Å². The first-order valence-corrected chi connectivity index (χ1v) is 8.02. The van der Waals surface area contributed by atoms with E-state index in [4.69, 9.17) is 4.74 Å². The molecule has 1 heterocycles.